The summed E-state index contributed by atoms with van der Waals surface area (Å²) in [5, 5.41) is 0.474. The highest BCUT2D eigenvalue weighted by Gasteiger charge is 1.99. The second kappa shape index (κ2) is 5.15. The molecule has 1 heterocycles. The normalized spacial score (nSPS) is 9.61. The van der Waals surface area contributed by atoms with Crippen molar-refractivity contribution in [1.29, 1.82) is 0 Å². The van der Waals surface area contributed by atoms with Gasteiger partial charge >= 0.3 is 5.97 Å². The first kappa shape index (κ1) is 11.9. The fraction of sp³-hybridized carbons (Fsp3) is 0.154. The van der Waals surface area contributed by atoms with Gasteiger partial charge in [-0.1, -0.05) is 11.8 Å². The summed E-state index contributed by atoms with van der Waals surface area (Å²) in [4.78, 5) is 28.9. The van der Waals surface area contributed by atoms with E-state index in [4.69, 9.17) is 0 Å². The Morgan fingerprint density at radius 1 is 1.50 bits per heavy atom. The van der Waals surface area contributed by atoms with Crippen LogP contribution in [-0.2, 0) is 9.53 Å². The largest absolute Gasteiger partial charge is 0.468 e. The molecule has 1 aromatic carbocycles. The lowest BCUT2D eigenvalue weighted by Gasteiger charge is -1.95. The van der Waals surface area contributed by atoms with Gasteiger partial charge < -0.3 is 9.72 Å². The number of carbonyl (C=O) groups excluding carboxylic acids is 1. The van der Waals surface area contributed by atoms with E-state index in [9.17, 15) is 9.59 Å². The minimum Gasteiger partial charge on any atom is -0.468 e. The quantitative estimate of drug-likeness (QED) is 0.594. The van der Waals surface area contributed by atoms with Crippen LogP contribution in [0.4, 0.5) is 0 Å². The van der Waals surface area contributed by atoms with Gasteiger partial charge in [0, 0.05) is 5.56 Å². The molecule has 0 unspecified atom stereocenters. The highest BCUT2D eigenvalue weighted by atomic mass is 16.5. The van der Waals surface area contributed by atoms with Gasteiger partial charge in [0.15, 0.2) is 0 Å². The number of aromatic nitrogens is 2. The van der Waals surface area contributed by atoms with Crippen molar-refractivity contribution in [3.63, 3.8) is 0 Å². The van der Waals surface area contributed by atoms with Gasteiger partial charge in [0.2, 0.25) is 0 Å². The Balaban J connectivity index is 2.33. The van der Waals surface area contributed by atoms with Crippen LogP contribution < -0.4 is 5.56 Å². The number of ether oxygens (including phenoxy) is 1. The number of benzene rings is 1. The van der Waals surface area contributed by atoms with Crippen molar-refractivity contribution < 1.29 is 9.53 Å². The number of methoxy groups -OCH3 is 1. The van der Waals surface area contributed by atoms with Crippen molar-refractivity contribution in [2.75, 3.05) is 7.11 Å². The second-order valence-electron chi connectivity index (χ2n) is 3.52. The Hall–Kier alpha value is -2.61. The SMILES string of the molecule is COC(=O)CC#Cc1ccc2nc[nH]c(=O)c2c1. The molecule has 5 nitrogen and oxygen atoms in total. The van der Waals surface area contributed by atoms with E-state index in [-0.39, 0.29) is 17.9 Å². The zero-order valence-corrected chi connectivity index (χ0v) is 9.69. The van der Waals surface area contributed by atoms with Crippen LogP contribution in [0.25, 0.3) is 10.9 Å². The first-order chi connectivity index (χ1) is 8.70. The minimum atomic E-state index is -0.386. The molecule has 0 bridgehead atoms. The lowest BCUT2D eigenvalue weighted by Crippen LogP contribution is -2.06. The summed E-state index contributed by atoms with van der Waals surface area (Å²) in [5.74, 6) is 5.09. The topological polar surface area (TPSA) is 72.0 Å². The molecule has 1 aromatic heterocycles. The molecule has 0 aliphatic heterocycles. The maximum atomic E-state index is 11.5. The summed E-state index contributed by atoms with van der Waals surface area (Å²) < 4.78 is 4.47. The van der Waals surface area contributed by atoms with E-state index >= 15 is 0 Å². The van der Waals surface area contributed by atoms with E-state index in [1.807, 2.05) is 0 Å². The molecular weight excluding hydrogens is 232 g/mol. The number of hydrogen-bond donors (Lipinski definition) is 1. The summed E-state index contributed by atoms with van der Waals surface area (Å²) in [6.07, 6.45) is 1.38. The highest BCUT2D eigenvalue weighted by molar-refractivity contribution is 5.79. The van der Waals surface area contributed by atoms with Crippen molar-refractivity contribution in [2.24, 2.45) is 0 Å². The van der Waals surface area contributed by atoms with E-state index in [2.05, 4.69) is 26.5 Å². The molecule has 2 rings (SSSR count). The molecule has 0 saturated heterocycles. The molecule has 0 aliphatic rings. The average Bonchev–Trinajstić information content (AvgIpc) is 2.39. The van der Waals surface area contributed by atoms with Crippen LogP contribution in [0, 0.1) is 11.8 Å². The molecule has 0 aliphatic carbocycles. The number of H-pyrrole nitrogens is 1. The summed E-state index contributed by atoms with van der Waals surface area (Å²) >= 11 is 0. The predicted molar refractivity (Wildman–Crippen MR) is 65.9 cm³/mol. The maximum Gasteiger partial charge on any atom is 0.317 e. The van der Waals surface area contributed by atoms with E-state index in [1.165, 1.54) is 13.4 Å². The standard InChI is InChI=1S/C13H10N2O3/c1-18-12(16)4-2-3-9-5-6-11-10(7-9)13(17)15-8-14-11/h5-8H,4H2,1H3,(H,14,15,17). The Bertz CT molecular complexity index is 707. The van der Waals surface area contributed by atoms with Gasteiger partial charge in [0.05, 0.1) is 24.3 Å². The molecule has 1 N–H and O–H groups in total. The predicted octanol–water partition coefficient (Wildman–Crippen LogP) is 0.838. The number of rotatable bonds is 1. The summed E-state index contributed by atoms with van der Waals surface area (Å²) in [7, 11) is 1.31. The molecule has 0 fully saturated rings. The Labute approximate surface area is 103 Å². The van der Waals surface area contributed by atoms with Crippen LogP contribution in [0.1, 0.15) is 12.0 Å². The lowest BCUT2D eigenvalue weighted by molar-refractivity contribution is -0.139. The van der Waals surface area contributed by atoms with Crippen LogP contribution >= 0.6 is 0 Å². The molecule has 0 atom stereocenters. The fourth-order valence-electron chi connectivity index (χ4n) is 1.44. The first-order valence-corrected chi connectivity index (χ1v) is 5.24. The molecule has 0 amide bonds. The van der Waals surface area contributed by atoms with Crippen LogP contribution in [0.5, 0.6) is 0 Å². The van der Waals surface area contributed by atoms with E-state index in [0.717, 1.165) is 0 Å². The van der Waals surface area contributed by atoms with Gasteiger partial charge in [-0.15, -0.1) is 0 Å². The summed E-state index contributed by atoms with van der Waals surface area (Å²) in [5.41, 5.74) is 1.05. The summed E-state index contributed by atoms with van der Waals surface area (Å²) in [6.45, 7) is 0. The third-order valence-corrected chi connectivity index (χ3v) is 2.33. The molecule has 0 spiro atoms. The van der Waals surface area contributed by atoms with Gasteiger partial charge in [0.25, 0.3) is 5.56 Å². The van der Waals surface area contributed by atoms with Crippen molar-refractivity contribution in [3.8, 4) is 11.8 Å². The summed E-state index contributed by atoms with van der Waals surface area (Å²) in [6, 6.07) is 5.11. The minimum absolute atomic E-state index is 0.0257. The fourth-order valence-corrected chi connectivity index (χ4v) is 1.44. The van der Waals surface area contributed by atoms with E-state index in [1.54, 1.807) is 18.2 Å². The van der Waals surface area contributed by atoms with Crippen molar-refractivity contribution in [2.45, 2.75) is 6.42 Å². The Morgan fingerprint density at radius 3 is 3.11 bits per heavy atom. The zero-order chi connectivity index (χ0) is 13.0. The van der Waals surface area contributed by atoms with Crippen LogP contribution in [0.2, 0.25) is 0 Å². The van der Waals surface area contributed by atoms with Crippen molar-refractivity contribution in [3.05, 3.63) is 40.4 Å². The van der Waals surface area contributed by atoms with E-state index in [0.29, 0.717) is 16.5 Å². The van der Waals surface area contributed by atoms with Gasteiger partial charge in [-0.25, -0.2) is 4.98 Å². The van der Waals surface area contributed by atoms with Gasteiger partial charge in [-0.05, 0) is 18.2 Å². The van der Waals surface area contributed by atoms with Crippen molar-refractivity contribution >= 4 is 16.9 Å². The molecule has 5 heteroatoms. The molecule has 18 heavy (non-hydrogen) atoms. The average molecular weight is 242 g/mol. The smallest absolute Gasteiger partial charge is 0.317 e. The van der Waals surface area contributed by atoms with E-state index < -0.39 is 0 Å². The Kier molecular flexibility index (Phi) is 3.39. The van der Waals surface area contributed by atoms with Gasteiger partial charge in [0.1, 0.15) is 6.42 Å². The Morgan fingerprint density at radius 2 is 2.33 bits per heavy atom. The molecule has 0 saturated carbocycles. The first-order valence-electron chi connectivity index (χ1n) is 5.24. The number of hydrogen-bond acceptors (Lipinski definition) is 4. The second-order valence-corrected chi connectivity index (χ2v) is 3.52. The van der Waals surface area contributed by atoms with Crippen LogP contribution in [0.15, 0.2) is 29.3 Å². The van der Waals surface area contributed by atoms with Crippen LogP contribution in [0.3, 0.4) is 0 Å². The number of carbonyl (C=O) groups is 1. The third kappa shape index (κ3) is 2.55. The number of nitrogens with zero attached hydrogens (tertiary/aromatic N) is 1. The van der Waals surface area contributed by atoms with Gasteiger partial charge in [-0.3, -0.25) is 9.59 Å². The molecule has 0 radical (unpaired) electrons. The zero-order valence-electron chi connectivity index (χ0n) is 9.69. The molecular formula is C13H10N2O3. The highest BCUT2D eigenvalue weighted by Crippen LogP contribution is 2.08. The third-order valence-electron chi connectivity index (χ3n) is 2.33. The molecule has 2 aromatic rings. The number of fused-ring (bicyclic) bond motifs is 1. The lowest BCUT2D eigenvalue weighted by atomic mass is 10.1. The number of aromatic amines is 1. The monoisotopic (exact) mass is 242 g/mol. The van der Waals surface area contributed by atoms with Gasteiger partial charge in [-0.2, -0.15) is 0 Å². The van der Waals surface area contributed by atoms with Crippen LogP contribution in [-0.4, -0.2) is 23.0 Å². The van der Waals surface area contributed by atoms with Crippen molar-refractivity contribution in [1.82, 2.24) is 9.97 Å². The number of nitrogens with one attached hydrogen (secondary N) is 1. The number of esters is 1. The molecule has 90 valence electrons. The maximum absolute atomic E-state index is 11.5.